The van der Waals surface area contributed by atoms with Crippen LogP contribution >= 0.6 is 0 Å². The Kier molecular flexibility index (Phi) is 6.10. The first-order chi connectivity index (χ1) is 13.8. The molecule has 2 heterocycles. The average molecular weight is 376 g/mol. The molecule has 0 bridgehead atoms. The lowest BCUT2D eigenvalue weighted by Crippen LogP contribution is -2.35. The third-order valence-electron chi connectivity index (χ3n) is 5.54. The van der Waals surface area contributed by atoms with Gasteiger partial charge in [0.2, 0.25) is 0 Å². The standard InChI is InChI=1S/C24H29N3O/c28-24-19-27(17-21-9-5-2-6-10-21)13-11-22(24)15-25-23-12-14-26(18-23)16-20-7-3-1-4-8-20/h1-11,13,23,25,28H,12,14-19H2. The van der Waals surface area contributed by atoms with Gasteiger partial charge < -0.3 is 15.3 Å². The summed E-state index contributed by atoms with van der Waals surface area (Å²) in [6.45, 7) is 5.32. The molecule has 2 aromatic carbocycles. The van der Waals surface area contributed by atoms with Crippen molar-refractivity contribution < 1.29 is 5.11 Å². The van der Waals surface area contributed by atoms with Gasteiger partial charge in [-0.25, -0.2) is 0 Å². The molecule has 2 aromatic rings. The van der Waals surface area contributed by atoms with E-state index in [9.17, 15) is 5.11 Å². The van der Waals surface area contributed by atoms with E-state index >= 15 is 0 Å². The first-order valence-electron chi connectivity index (χ1n) is 10.1. The summed E-state index contributed by atoms with van der Waals surface area (Å²) < 4.78 is 0. The molecule has 146 valence electrons. The van der Waals surface area contributed by atoms with Gasteiger partial charge in [-0.1, -0.05) is 60.7 Å². The van der Waals surface area contributed by atoms with Crippen molar-refractivity contribution in [3.63, 3.8) is 0 Å². The number of aliphatic hydroxyl groups excluding tert-OH is 1. The number of aliphatic hydroxyl groups is 1. The van der Waals surface area contributed by atoms with Crippen LogP contribution in [-0.4, -0.2) is 47.1 Å². The molecule has 0 radical (unpaired) electrons. The molecule has 0 saturated carbocycles. The van der Waals surface area contributed by atoms with Crippen molar-refractivity contribution in [3.8, 4) is 0 Å². The number of nitrogens with zero attached hydrogens (tertiary/aromatic N) is 2. The molecular weight excluding hydrogens is 346 g/mol. The van der Waals surface area contributed by atoms with Crippen molar-refractivity contribution in [3.05, 3.63) is 95.4 Å². The van der Waals surface area contributed by atoms with Crippen LogP contribution in [0, 0.1) is 0 Å². The molecule has 2 aliphatic rings. The van der Waals surface area contributed by atoms with Crippen LogP contribution in [0.25, 0.3) is 0 Å². The summed E-state index contributed by atoms with van der Waals surface area (Å²) in [6, 6.07) is 21.5. The zero-order valence-corrected chi connectivity index (χ0v) is 16.3. The predicted octanol–water partition coefficient (Wildman–Crippen LogP) is 3.69. The molecular formula is C24H29N3O. The second-order valence-corrected chi connectivity index (χ2v) is 7.77. The van der Waals surface area contributed by atoms with Crippen molar-refractivity contribution in [1.82, 2.24) is 15.1 Å². The van der Waals surface area contributed by atoms with Crippen molar-refractivity contribution >= 4 is 0 Å². The van der Waals surface area contributed by atoms with E-state index in [0.717, 1.165) is 44.7 Å². The highest BCUT2D eigenvalue weighted by atomic mass is 16.3. The highest BCUT2D eigenvalue weighted by molar-refractivity contribution is 5.28. The number of hydrogen-bond donors (Lipinski definition) is 2. The first kappa shape index (κ1) is 18.8. The number of nitrogens with one attached hydrogen (secondary N) is 1. The second-order valence-electron chi connectivity index (χ2n) is 7.77. The van der Waals surface area contributed by atoms with Gasteiger partial charge in [0, 0.05) is 50.5 Å². The van der Waals surface area contributed by atoms with Gasteiger partial charge >= 0.3 is 0 Å². The maximum atomic E-state index is 10.5. The molecule has 2 N–H and O–H groups in total. The molecule has 1 saturated heterocycles. The SMILES string of the molecule is OC1=C(CNC2CCN(Cc3ccccc3)C2)C=CN(Cc2ccccc2)C1. The van der Waals surface area contributed by atoms with E-state index in [1.165, 1.54) is 11.1 Å². The summed E-state index contributed by atoms with van der Waals surface area (Å²) >= 11 is 0. The Morgan fingerprint density at radius 3 is 2.29 bits per heavy atom. The molecule has 0 aromatic heterocycles. The fourth-order valence-corrected chi connectivity index (χ4v) is 3.96. The minimum atomic E-state index is 0.477. The zero-order valence-electron chi connectivity index (χ0n) is 16.3. The lowest BCUT2D eigenvalue weighted by molar-refractivity contribution is 0.294. The fraction of sp³-hybridized carbons (Fsp3) is 0.333. The van der Waals surface area contributed by atoms with E-state index in [-0.39, 0.29) is 0 Å². The van der Waals surface area contributed by atoms with Crippen LogP contribution < -0.4 is 5.32 Å². The molecule has 0 amide bonds. The fourth-order valence-electron chi connectivity index (χ4n) is 3.96. The maximum Gasteiger partial charge on any atom is 0.116 e. The minimum absolute atomic E-state index is 0.477. The third kappa shape index (κ3) is 5.03. The molecule has 4 heteroatoms. The summed E-state index contributed by atoms with van der Waals surface area (Å²) in [7, 11) is 0. The van der Waals surface area contributed by atoms with E-state index in [2.05, 4.69) is 75.9 Å². The third-order valence-corrected chi connectivity index (χ3v) is 5.54. The summed E-state index contributed by atoms with van der Waals surface area (Å²) in [4.78, 5) is 4.64. The van der Waals surface area contributed by atoms with Gasteiger partial charge in [0.15, 0.2) is 0 Å². The van der Waals surface area contributed by atoms with Gasteiger partial charge in [-0.15, -0.1) is 0 Å². The average Bonchev–Trinajstić information content (AvgIpc) is 3.16. The molecule has 1 fully saturated rings. The van der Waals surface area contributed by atoms with Crippen molar-refractivity contribution in [2.45, 2.75) is 25.6 Å². The molecule has 0 aliphatic carbocycles. The summed E-state index contributed by atoms with van der Waals surface area (Å²) in [5.74, 6) is 0.477. The molecule has 4 rings (SSSR count). The van der Waals surface area contributed by atoms with Gasteiger partial charge in [0.25, 0.3) is 0 Å². The van der Waals surface area contributed by atoms with Crippen molar-refractivity contribution in [1.29, 1.82) is 0 Å². The van der Waals surface area contributed by atoms with Gasteiger partial charge in [-0.3, -0.25) is 4.90 Å². The Morgan fingerprint density at radius 2 is 1.61 bits per heavy atom. The topological polar surface area (TPSA) is 38.7 Å². The minimum Gasteiger partial charge on any atom is -0.510 e. The maximum absolute atomic E-state index is 10.5. The normalized spacial score (nSPS) is 20.1. The summed E-state index contributed by atoms with van der Waals surface area (Å²) in [5, 5.41) is 14.1. The lowest BCUT2D eigenvalue weighted by Gasteiger charge is -2.25. The van der Waals surface area contributed by atoms with Crippen molar-refractivity contribution in [2.24, 2.45) is 0 Å². The van der Waals surface area contributed by atoms with Gasteiger partial charge in [-0.05, 0) is 23.6 Å². The molecule has 2 aliphatic heterocycles. The highest BCUT2D eigenvalue weighted by Gasteiger charge is 2.22. The van der Waals surface area contributed by atoms with E-state index in [4.69, 9.17) is 0 Å². The predicted molar refractivity (Wildman–Crippen MR) is 114 cm³/mol. The zero-order chi connectivity index (χ0) is 19.2. The molecule has 4 nitrogen and oxygen atoms in total. The van der Waals surface area contributed by atoms with Crippen LogP contribution in [0.15, 0.2) is 84.3 Å². The van der Waals surface area contributed by atoms with Crippen LogP contribution in [0.1, 0.15) is 17.5 Å². The quantitative estimate of drug-likeness (QED) is 0.774. The van der Waals surface area contributed by atoms with E-state index in [1.54, 1.807) is 0 Å². The van der Waals surface area contributed by atoms with E-state index in [0.29, 0.717) is 18.3 Å². The van der Waals surface area contributed by atoms with Crippen LogP contribution in [0.3, 0.4) is 0 Å². The number of benzene rings is 2. The van der Waals surface area contributed by atoms with Gasteiger partial charge in [-0.2, -0.15) is 0 Å². The second kappa shape index (κ2) is 9.09. The summed E-state index contributed by atoms with van der Waals surface area (Å²) in [5.41, 5.74) is 3.63. The molecule has 1 unspecified atom stereocenters. The van der Waals surface area contributed by atoms with Crippen molar-refractivity contribution in [2.75, 3.05) is 26.2 Å². The van der Waals surface area contributed by atoms with E-state index < -0.39 is 0 Å². The van der Waals surface area contributed by atoms with Crippen LogP contribution in [0.4, 0.5) is 0 Å². The number of likely N-dealkylation sites (tertiary alicyclic amines) is 1. The van der Waals surface area contributed by atoms with Crippen LogP contribution in [0.5, 0.6) is 0 Å². The first-order valence-corrected chi connectivity index (χ1v) is 10.1. The number of rotatable bonds is 7. The molecule has 1 atom stereocenters. The Morgan fingerprint density at radius 1 is 0.929 bits per heavy atom. The van der Waals surface area contributed by atoms with Crippen LogP contribution in [0.2, 0.25) is 0 Å². The van der Waals surface area contributed by atoms with Gasteiger partial charge in [0.05, 0.1) is 6.54 Å². The molecule has 0 spiro atoms. The Bertz CT molecular complexity index is 816. The Labute approximate surface area is 167 Å². The lowest BCUT2D eigenvalue weighted by atomic mass is 10.1. The van der Waals surface area contributed by atoms with Crippen LogP contribution in [-0.2, 0) is 13.1 Å². The smallest absolute Gasteiger partial charge is 0.116 e. The Balaban J connectivity index is 1.23. The monoisotopic (exact) mass is 375 g/mol. The number of hydrogen-bond acceptors (Lipinski definition) is 4. The Hall–Kier alpha value is -2.56. The molecule has 28 heavy (non-hydrogen) atoms. The van der Waals surface area contributed by atoms with E-state index in [1.807, 2.05) is 12.1 Å². The largest absolute Gasteiger partial charge is 0.510 e. The van der Waals surface area contributed by atoms with Gasteiger partial charge in [0.1, 0.15) is 5.76 Å². The highest BCUT2D eigenvalue weighted by Crippen LogP contribution is 2.17. The summed E-state index contributed by atoms with van der Waals surface area (Å²) in [6.07, 6.45) is 5.30.